The van der Waals surface area contributed by atoms with Gasteiger partial charge in [0.25, 0.3) is 0 Å². The zero-order chi connectivity index (χ0) is 41.1. The van der Waals surface area contributed by atoms with E-state index in [1.807, 2.05) is 60.7 Å². The van der Waals surface area contributed by atoms with Gasteiger partial charge in [-0.05, 0) is 102 Å². The monoisotopic (exact) mass is 798 g/mol. The maximum absolute atomic E-state index is 15.1. The minimum atomic E-state index is -3.08. The van der Waals surface area contributed by atoms with Gasteiger partial charge in [0.15, 0.2) is 7.14 Å². The van der Waals surface area contributed by atoms with Crippen molar-refractivity contribution in [2.75, 3.05) is 0 Å². The van der Waals surface area contributed by atoms with E-state index in [1.54, 1.807) is 0 Å². The van der Waals surface area contributed by atoms with Crippen LogP contribution in [0.25, 0.3) is 54.2 Å². The molecule has 1 nitrogen and oxygen atoms in total. The van der Waals surface area contributed by atoms with Gasteiger partial charge in [-0.3, -0.25) is 0 Å². The fraction of sp³-hybridized carbons (Fsp3) is 0.0508. The van der Waals surface area contributed by atoms with Crippen molar-refractivity contribution in [1.82, 2.24) is 0 Å². The summed E-state index contributed by atoms with van der Waals surface area (Å²) in [4.78, 5) is 0. The van der Waals surface area contributed by atoms with Crippen molar-refractivity contribution in [3.8, 4) is 11.1 Å². The number of aryl methyl sites for hydroxylation is 2. The Morgan fingerprint density at radius 1 is 0.328 bits per heavy atom. The average molecular weight is 799 g/mol. The van der Waals surface area contributed by atoms with E-state index in [0.717, 1.165) is 27.0 Å². The molecule has 0 unspecified atom stereocenters. The molecule has 0 amide bonds. The van der Waals surface area contributed by atoms with Crippen molar-refractivity contribution in [2.45, 2.75) is 19.3 Å². The molecule has 11 aromatic rings. The summed E-state index contributed by atoms with van der Waals surface area (Å²) in [6, 6.07) is 80.7. The first-order chi connectivity index (χ1) is 29.9. The molecule has 0 aromatic heterocycles. The summed E-state index contributed by atoms with van der Waals surface area (Å²) < 4.78 is 15.1. The Labute approximate surface area is 357 Å². The van der Waals surface area contributed by atoms with Gasteiger partial charge in [0.05, 0.1) is 5.41 Å². The summed E-state index contributed by atoms with van der Waals surface area (Å²) in [7, 11) is -3.08. The minimum absolute atomic E-state index is 0.645. The largest absolute Gasteiger partial charge is 0.309 e. The molecule has 61 heavy (non-hydrogen) atoms. The summed E-state index contributed by atoms with van der Waals surface area (Å²) >= 11 is 0. The molecule has 0 aliphatic carbocycles. The smallest absolute Gasteiger partial charge is 0.171 e. The van der Waals surface area contributed by atoms with E-state index in [-0.39, 0.29) is 0 Å². The van der Waals surface area contributed by atoms with Crippen LogP contribution in [0.2, 0.25) is 0 Å². The van der Waals surface area contributed by atoms with Crippen LogP contribution in [0.15, 0.2) is 224 Å². The van der Waals surface area contributed by atoms with Crippen LogP contribution in [0.3, 0.4) is 0 Å². The van der Waals surface area contributed by atoms with Gasteiger partial charge in [0.1, 0.15) is 0 Å². The van der Waals surface area contributed by atoms with Crippen LogP contribution < -0.4 is 15.9 Å². The van der Waals surface area contributed by atoms with Gasteiger partial charge in [-0.15, -0.1) is 0 Å². The second-order valence-corrected chi connectivity index (χ2v) is 19.3. The highest BCUT2D eigenvalue weighted by Crippen LogP contribution is 2.50. The third-order valence-electron chi connectivity index (χ3n) is 13.0. The fourth-order valence-corrected chi connectivity index (χ4v) is 12.6. The van der Waals surface area contributed by atoms with E-state index in [2.05, 4.69) is 178 Å². The van der Waals surface area contributed by atoms with Crippen molar-refractivity contribution in [3.05, 3.63) is 258 Å². The number of hydrogen-bond acceptors (Lipinski definition) is 1. The predicted molar refractivity (Wildman–Crippen MR) is 260 cm³/mol. The van der Waals surface area contributed by atoms with Crippen LogP contribution >= 0.6 is 7.14 Å². The summed E-state index contributed by atoms with van der Waals surface area (Å²) in [5.41, 5.74) is 8.84. The Morgan fingerprint density at radius 2 is 0.721 bits per heavy atom. The Bertz CT molecular complexity index is 3310. The topological polar surface area (TPSA) is 17.1 Å². The number of hydrogen-bond donors (Lipinski definition) is 0. The Morgan fingerprint density at radius 3 is 1.21 bits per heavy atom. The summed E-state index contributed by atoms with van der Waals surface area (Å²) in [6.45, 7) is 4.32. The van der Waals surface area contributed by atoms with E-state index in [1.165, 1.54) is 76.5 Å². The van der Waals surface area contributed by atoms with Gasteiger partial charge in [-0.2, -0.15) is 0 Å². The zero-order valence-electron chi connectivity index (χ0n) is 34.2. The van der Waals surface area contributed by atoms with Crippen LogP contribution in [-0.2, 0) is 9.98 Å². The number of fused-ring (bicyclic) bond motifs is 2. The molecular formula is C59H43OP. The van der Waals surface area contributed by atoms with Crippen LogP contribution in [0.5, 0.6) is 0 Å². The molecule has 0 aliphatic rings. The molecule has 290 valence electrons. The standard InChI is InChI=1S/C59H43OP/c1-40-22-30-46(31-23-40)59(47-32-24-41(2)25-33-47,49-38-45-14-11-20-54-53-19-9-12-44-13-10-21-55(57(44)53)56(39-49)58(45)54)48-34-26-42(27-35-48)43-28-36-52(37-29-43)61(60,50-15-5-3-6-16-50)51-17-7-4-8-18-51/h3-39H,1-2H3. The quantitative estimate of drug-likeness (QED) is 0.0648. The lowest BCUT2D eigenvalue weighted by Gasteiger charge is -2.37. The van der Waals surface area contributed by atoms with E-state index >= 15 is 4.57 Å². The van der Waals surface area contributed by atoms with Crippen molar-refractivity contribution in [2.24, 2.45) is 0 Å². The first-order valence-electron chi connectivity index (χ1n) is 21.1. The molecular weight excluding hydrogens is 756 g/mol. The molecule has 0 atom stereocenters. The minimum Gasteiger partial charge on any atom is -0.309 e. The molecule has 0 N–H and O–H groups in total. The molecule has 0 heterocycles. The van der Waals surface area contributed by atoms with E-state index in [4.69, 9.17) is 0 Å². The molecule has 11 rings (SSSR count). The van der Waals surface area contributed by atoms with Crippen LogP contribution in [0.4, 0.5) is 0 Å². The average Bonchev–Trinajstić information content (AvgIpc) is 3.32. The molecule has 0 saturated carbocycles. The van der Waals surface area contributed by atoms with Gasteiger partial charge < -0.3 is 4.57 Å². The molecule has 0 spiro atoms. The first-order valence-corrected chi connectivity index (χ1v) is 22.8. The normalized spacial score (nSPS) is 12.2. The highest BCUT2D eigenvalue weighted by molar-refractivity contribution is 7.85. The molecule has 0 fully saturated rings. The SMILES string of the molecule is Cc1ccc(C(c2ccc(C)cc2)(c2ccc(-c3ccc(P(=O)(c4ccccc4)c4ccccc4)cc3)cc2)c2cc3cccc4c5cccc6cccc(c(c2)c34)c65)cc1. The van der Waals surface area contributed by atoms with Gasteiger partial charge in [-0.1, -0.05) is 223 Å². The maximum atomic E-state index is 15.1. The van der Waals surface area contributed by atoms with Gasteiger partial charge in [-0.25, -0.2) is 0 Å². The molecule has 0 radical (unpaired) electrons. The summed E-state index contributed by atoms with van der Waals surface area (Å²) in [5.74, 6) is 0. The van der Waals surface area contributed by atoms with Gasteiger partial charge in [0, 0.05) is 15.9 Å². The van der Waals surface area contributed by atoms with E-state index < -0.39 is 12.6 Å². The fourth-order valence-electron chi connectivity index (χ4n) is 9.98. The lowest BCUT2D eigenvalue weighted by Crippen LogP contribution is -2.31. The van der Waals surface area contributed by atoms with Gasteiger partial charge >= 0.3 is 0 Å². The Hall–Kier alpha value is -7.05. The molecule has 0 aliphatic heterocycles. The third-order valence-corrected chi connectivity index (χ3v) is 16.1. The van der Waals surface area contributed by atoms with Crippen LogP contribution in [0, 0.1) is 13.8 Å². The Balaban J connectivity index is 1.12. The van der Waals surface area contributed by atoms with Crippen molar-refractivity contribution in [3.63, 3.8) is 0 Å². The number of rotatable bonds is 8. The summed E-state index contributed by atoms with van der Waals surface area (Å²) in [6.07, 6.45) is 0. The molecule has 0 bridgehead atoms. The predicted octanol–water partition coefficient (Wildman–Crippen LogP) is 14.0. The van der Waals surface area contributed by atoms with E-state index in [0.29, 0.717) is 0 Å². The third kappa shape index (κ3) is 5.88. The zero-order valence-corrected chi connectivity index (χ0v) is 35.1. The second-order valence-electron chi connectivity index (χ2n) is 16.5. The number of benzene rings is 11. The van der Waals surface area contributed by atoms with E-state index in [9.17, 15) is 0 Å². The highest BCUT2D eigenvalue weighted by Gasteiger charge is 2.39. The lowest BCUT2D eigenvalue weighted by molar-refractivity contribution is 0.592. The van der Waals surface area contributed by atoms with Crippen LogP contribution in [-0.4, -0.2) is 0 Å². The van der Waals surface area contributed by atoms with Crippen molar-refractivity contribution < 1.29 is 4.57 Å². The first kappa shape index (κ1) is 37.0. The van der Waals surface area contributed by atoms with Crippen molar-refractivity contribution in [1.29, 1.82) is 0 Å². The molecule has 2 heteroatoms. The Kier molecular flexibility index (Phi) is 8.85. The lowest BCUT2D eigenvalue weighted by atomic mass is 9.64. The summed E-state index contributed by atoms with van der Waals surface area (Å²) in [5, 5.41) is 12.8. The van der Waals surface area contributed by atoms with Gasteiger partial charge in [0.2, 0.25) is 0 Å². The maximum Gasteiger partial charge on any atom is 0.171 e. The molecule has 0 saturated heterocycles. The van der Waals surface area contributed by atoms with Crippen molar-refractivity contribution >= 4 is 66.1 Å². The van der Waals surface area contributed by atoms with Crippen LogP contribution in [0.1, 0.15) is 33.4 Å². The highest BCUT2D eigenvalue weighted by atomic mass is 31.2. The molecule has 11 aromatic carbocycles. The second kappa shape index (κ2) is 14.6.